The molecule has 1 fully saturated rings. The van der Waals surface area contributed by atoms with Crippen LogP contribution in [0.3, 0.4) is 0 Å². The van der Waals surface area contributed by atoms with Crippen molar-refractivity contribution in [2.45, 2.75) is 31.6 Å². The molecular weight excluding hydrogens is 301 g/mol. The molecule has 0 radical (unpaired) electrons. The molecule has 0 aliphatic heterocycles. The Kier molecular flexibility index (Phi) is 3.92. The van der Waals surface area contributed by atoms with E-state index in [1.807, 2.05) is 19.1 Å². The number of carbonyl (C=O) groups excluding carboxylic acids is 1. The van der Waals surface area contributed by atoms with Crippen LogP contribution in [0.15, 0.2) is 42.5 Å². The zero-order valence-corrected chi connectivity index (χ0v) is 13.1. The van der Waals surface area contributed by atoms with Gasteiger partial charge in [-0.15, -0.1) is 0 Å². The minimum atomic E-state index is -0.761. The van der Waals surface area contributed by atoms with Crippen molar-refractivity contribution < 1.29 is 9.18 Å². The first kappa shape index (κ1) is 15.0. The van der Waals surface area contributed by atoms with Crippen molar-refractivity contribution in [2.24, 2.45) is 0 Å². The number of benzene rings is 2. The summed E-state index contributed by atoms with van der Waals surface area (Å²) in [5, 5.41) is 3.49. The number of aryl methyl sites for hydroxylation is 1. The maximum Gasteiger partial charge on any atom is 0.235 e. The molecule has 0 spiro atoms. The van der Waals surface area contributed by atoms with Gasteiger partial charge >= 0.3 is 0 Å². The summed E-state index contributed by atoms with van der Waals surface area (Å²) in [7, 11) is 0. The first-order chi connectivity index (χ1) is 10.5. The van der Waals surface area contributed by atoms with E-state index in [-0.39, 0.29) is 11.7 Å². The first-order valence-corrected chi connectivity index (χ1v) is 7.73. The van der Waals surface area contributed by atoms with E-state index in [1.54, 1.807) is 24.3 Å². The number of halogens is 2. The van der Waals surface area contributed by atoms with Crippen LogP contribution in [0, 0.1) is 12.7 Å². The summed E-state index contributed by atoms with van der Waals surface area (Å²) < 4.78 is 14.1. The molecule has 1 saturated carbocycles. The number of amides is 1. The van der Waals surface area contributed by atoms with Crippen molar-refractivity contribution in [3.05, 3.63) is 64.4 Å². The monoisotopic (exact) mass is 317 g/mol. The van der Waals surface area contributed by atoms with E-state index < -0.39 is 5.41 Å². The smallest absolute Gasteiger partial charge is 0.235 e. The molecule has 2 aromatic carbocycles. The van der Waals surface area contributed by atoms with E-state index in [2.05, 4.69) is 5.32 Å². The SMILES string of the molecule is Cc1ccc(NC(=O)C2(c3ccccc3F)CCC2)cc1Cl. The van der Waals surface area contributed by atoms with Crippen LogP contribution < -0.4 is 5.32 Å². The number of hydrogen-bond donors (Lipinski definition) is 1. The summed E-state index contributed by atoms with van der Waals surface area (Å²) in [4.78, 5) is 12.7. The van der Waals surface area contributed by atoms with Crippen LogP contribution in [0.1, 0.15) is 30.4 Å². The first-order valence-electron chi connectivity index (χ1n) is 7.35. The zero-order valence-electron chi connectivity index (χ0n) is 12.3. The van der Waals surface area contributed by atoms with E-state index in [9.17, 15) is 9.18 Å². The van der Waals surface area contributed by atoms with Gasteiger partial charge in [-0.1, -0.05) is 42.3 Å². The van der Waals surface area contributed by atoms with E-state index in [1.165, 1.54) is 6.07 Å². The summed E-state index contributed by atoms with van der Waals surface area (Å²) in [5.74, 6) is -0.483. The van der Waals surface area contributed by atoms with Crippen LogP contribution in [0.2, 0.25) is 5.02 Å². The Labute approximate surface area is 134 Å². The van der Waals surface area contributed by atoms with Gasteiger partial charge in [0.05, 0.1) is 5.41 Å². The second-order valence-corrected chi connectivity index (χ2v) is 6.24. The maximum atomic E-state index is 14.1. The van der Waals surface area contributed by atoms with E-state index in [4.69, 9.17) is 11.6 Å². The molecule has 1 aliphatic rings. The molecule has 0 saturated heterocycles. The molecule has 0 aromatic heterocycles. The molecule has 0 bridgehead atoms. The van der Waals surface area contributed by atoms with Gasteiger partial charge in [-0.2, -0.15) is 0 Å². The minimum absolute atomic E-state index is 0.163. The Morgan fingerprint density at radius 1 is 1.23 bits per heavy atom. The highest BCUT2D eigenvalue weighted by Crippen LogP contribution is 2.45. The van der Waals surface area contributed by atoms with Crippen molar-refractivity contribution >= 4 is 23.2 Å². The molecule has 22 heavy (non-hydrogen) atoms. The van der Waals surface area contributed by atoms with Crippen molar-refractivity contribution in [1.82, 2.24) is 0 Å². The van der Waals surface area contributed by atoms with Crippen LogP contribution in [0.25, 0.3) is 0 Å². The van der Waals surface area contributed by atoms with Gasteiger partial charge in [0.2, 0.25) is 5.91 Å². The number of anilines is 1. The Morgan fingerprint density at radius 2 is 1.95 bits per heavy atom. The quantitative estimate of drug-likeness (QED) is 0.861. The maximum absolute atomic E-state index is 14.1. The van der Waals surface area contributed by atoms with Crippen molar-refractivity contribution in [1.29, 1.82) is 0 Å². The lowest BCUT2D eigenvalue weighted by Gasteiger charge is -2.40. The van der Waals surface area contributed by atoms with Crippen LogP contribution in [-0.2, 0) is 10.2 Å². The molecule has 1 amide bonds. The normalized spacial score (nSPS) is 16.0. The Morgan fingerprint density at radius 3 is 2.55 bits per heavy atom. The molecule has 2 nitrogen and oxygen atoms in total. The van der Waals surface area contributed by atoms with Crippen molar-refractivity contribution in [2.75, 3.05) is 5.32 Å². The standard InChI is InChI=1S/C18H17ClFNO/c1-12-7-8-13(11-15(12)19)21-17(22)18(9-4-10-18)14-5-2-3-6-16(14)20/h2-3,5-8,11H,4,9-10H2,1H3,(H,21,22). The predicted octanol–water partition coefficient (Wildman–Crippen LogP) is 4.85. The molecule has 4 heteroatoms. The van der Waals surface area contributed by atoms with Gasteiger partial charge in [0, 0.05) is 16.3 Å². The van der Waals surface area contributed by atoms with Crippen LogP contribution >= 0.6 is 11.6 Å². The van der Waals surface area contributed by atoms with Crippen LogP contribution in [-0.4, -0.2) is 5.91 Å². The number of carbonyl (C=O) groups is 1. The fourth-order valence-corrected chi connectivity index (χ4v) is 3.10. The summed E-state index contributed by atoms with van der Waals surface area (Å²) in [5.41, 5.74) is 1.31. The molecule has 0 atom stereocenters. The molecular formula is C18H17ClFNO. The minimum Gasteiger partial charge on any atom is -0.325 e. The third-order valence-electron chi connectivity index (χ3n) is 4.46. The summed E-state index contributed by atoms with van der Waals surface area (Å²) in [6.07, 6.45) is 2.26. The van der Waals surface area contributed by atoms with E-state index >= 15 is 0 Å². The number of hydrogen-bond acceptors (Lipinski definition) is 1. The third-order valence-corrected chi connectivity index (χ3v) is 4.87. The van der Waals surface area contributed by atoms with Crippen LogP contribution in [0.5, 0.6) is 0 Å². The Hall–Kier alpha value is -1.87. The van der Waals surface area contributed by atoms with Gasteiger partial charge in [0.25, 0.3) is 0 Å². The number of nitrogens with one attached hydrogen (secondary N) is 1. The van der Waals surface area contributed by atoms with Gasteiger partial charge in [-0.3, -0.25) is 4.79 Å². The second kappa shape index (κ2) is 5.73. The van der Waals surface area contributed by atoms with E-state index in [0.717, 1.165) is 12.0 Å². The highest BCUT2D eigenvalue weighted by Gasteiger charge is 2.47. The van der Waals surface area contributed by atoms with E-state index in [0.29, 0.717) is 29.1 Å². The molecule has 0 heterocycles. The van der Waals surface area contributed by atoms with Crippen molar-refractivity contribution in [3.63, 3.8) is 0 Å². The zero-order chi connectivity index (χ0) is 15.7. The predicted molar refractivity (Wildman–Crippen MR) is 86.7 cm³/mol. The summed E-state index contributed by atoms with van der Waals surface area (Å²) in [6.45, 7) is 1.90. The molecule has 3 rings (SSSR count). The summed E-state index contributed by atoms with van der Waals surface area (Å²) >= 11 is 6.09. The summed E-state index contributed by atoms with van der Waals surface area (Å²) in [6, 6.07) is 11.9. The largest absolute Gasteiger partial charge is 0.325 e. The van der Waals surface area contributed by atoms with Crippen LogP contribution in [0.4, 0.5) is 10.1 Å². The lowest BCUT2D eigenvalue weighted by Crippen LogP contribution is -2.46. The highest BCUT2D eigenvalue weighted by molar-refractivity contribution is 6.31. The third kappa shape index (κ3) is 2.50. The van der Waals surface area contributed by atoms with Gasteiger partial charge < -0.3 is 5.32 Å². The van der Waals surface area contributed by atoms with Gasteiger partial charge in [0.1, 0.15) is 5.82 Å². The Bertz CT molecular complexity index is 725. The Balaban J connectivity index is 1.89. The molecule has 1 N–H and O–H groups in total. The lowest BCUT2D eigenvalue weighted by molar-refractivity contribution is -0.124. The lowest BCUT2D eigenvalue weighted by atomic mass is 9.63. The van der Waals surface area contributed by atoms with Gasteiger partial charge in [0.15, 0.2) is 0 Å². The fraction of sp³-hybridized carbons (Fsp3) is 0.278. The number of rotatable bonds is 3. The molecule has 0 unspecified atom stereocenters. The molecule has 1 aliphatic carbocycles. The molecule has 114 valence electrons. The average Bonchev–Trinajstić information content (AvgIpc) is 2.44. The second-order valence-electron chi connectivity index (χ2n) is 5.83. The average molecular weight is 318 g/mol. The topological polar surface area (TPSA) is 29.1 Å². The highest BCUT2D eigenvalue weighted by atomic mass is 35.5. The fourth-order valence-electron chi connectivity index (χ4n) is 2.92. The molecule has 2 aromatic rings. The van der Waals surface area contributed by atoms with Gasteiger partial charge in [-0.05, 0) is 43.5 Å². The van der Waals surface area contributed by atoms with Crippen molar-refractivity contribution in [3.8, 4) is 0 Å². The van der Waals surface area contributed by atoms with Gasteiger partial charge in [-0.25, -0.2) is 4.39 Å².